The van der Waals surface area contributed by atoms with E-state index >= 15 is 0 Å². The average molecular weight is 442 g/mol. The van der Waals surface area contributed by atoms with Crippen molar-refractivity contribution in [3.8, 4) is 0 Å². The highest BCUT2D eigenvalue weighted by Gasteiger charge is 2.36. The summed E-state index contributed by atoms with van der Waals surface area (Å²) in [5, 5.41) is 2.25. The molecule has 0 aliphatic carbocycles. The zero-order valence-corrected chi connectivity index (χ0v) is 17.3. The summed E-state index contributed by atoms with van der Waals surface area (Å²) < 4.78 is 65.7. The third-order valence-corrected chi connectivity index (χ3v) is 6.74. The zero-order valence-electron chi connectivity index (χ0n) is 15.8. The van der Waals surface area contributed by atoms with Crippen LogP contribution in [0.15, 0.2) is 23.1 Å². The van der Waals surface area contributed by atoms with Crippen molar-refractivity contribution in [3.05, 3.63) is 28.8 Å². The molecule has 28 heavy (non-hydrogen) atoms. The van der Waals surface area contributed by atoms with Crippen LogP contribution in [0, 0.1) is 0 Å². The molecule has 2 rings (SSSR count). The highest BCUT2D eigenvalue weighted by Crippen LogP contribution is 2.36. The number of hydrogen-bond acceptors (Lipinski definition) is 4. The fourth-order valence-electron chi connectivity index (χ4n) is 2.93. The van der Waals surface area contributed by atoms with E-state index in [9.17, 15) is 26.4 Å². The molecule has 1 aliphatic rings. The van der Waals surface area contributed by atoms with Gasteiger partial charge >= 0.3 is 6.18 Å². The van der Waals surface area contributed by atoms with E-state index in [2.05, 4.69) is 5.32 Å². The minimum absolute atomic E-state index is 0.00986. The molecule has 1 amide bonds. The second-order valence-electron chi connectivity index (χ2n) is 6.92. The molecule has 0 saturated carbocycles. The maximum absolute atomic E-state index is 13.0. The molecule has 1 saturated heterocycles. The highest BCUT2D eigenvalue weighted by molar-refractivity contribution is 7.89. The number of hydrogen-bond donors (Lipinski definition) is 1. The van der Waals surface area contributed by atoms with Gasteiger partial charge in [-0.15, -0.1) is 0 Å². The Bertz CT molecular complexity index is 823. The van der Waals surface area contributed by atoms with Crippen LogP contribution in [-0.2, 0) is 21.0 Å². The average Bonchev–Trinajstić information content (AvgIpc) is 2.59. The number of halogens is 4. The topological polar surface area (TPSA) is 69.7 Å². The molecular formula is C17H23ClF3N3O3S. The largest absolute Gasteiger partial charge is 0.417 e. The van der Waals surface area contributed by atoms with Crippen molar-refractivity contribution < 1.29 is 26.4 Å². The number of alkyl halides is 3. The molecular weight excluding hydrogens is 419 g/mol. The van der Waals surface area contributed by atoms with Crippen LogP contribution in [0.25, 0.3) is 0 Å². The lowest BCUT2D eigenvalue weighted by atomic mass is 10.2. The van der Waals surface area contributed by atoms with Crippen molar-refractivity contribution in [3.63, 3.8) is 0 Å². The van der Waals surface area contributed by atoms with E-state index in [1.165, 1.54) is 0 Å². The van der Waals surface area contributed by atoms with E-state index in [-0.39, 0.29) is 25.0 Å². The zero-order chi connectivity index (χ0) is 21.3. The molecule has 1 aromatic carbocycles. The van der Waals surface area contributed by atoms with Gasteiger partial charge in [0.15, 0.2) is 0 Å². The molecule has 158 valence electrons. The molecule has 1 aliphatic heterocycles. The van der Waals surface area contributed by atoms with Gasteiger partial charge in [-0.1, -0.05) is 11.6 Å². The van der Waals surface area contributed by atoms with Crippen molar-refractivity contribution in [2.45, 2.75) is 43.9 Å². The Kier molecular flexibility index (Phi) is 7.01. The Labute approximate surface area is 167 Å². The number of carbonyl (C=O) groups is 1. The molecule has 0 aromatic heterocycles. The lowest BCUT2D eigenvalue weighted by Crippen LogP contribution is -2.55. The summed E-state index contributed by atoms with van der Waals surface area (Å²) in [4.78, 5) is 13.5. The van der Waals surface area contributed by atoms with Gasteiger partial charge in [0.05, 0.1) is 21.5 Å². The van der Waals surface area contributed by atoms with Gasteiger partial charge in [0.25, 0.3) is 0 Å². The van der Waals surface area contributed by atoms with Gasteiger partial charge in [-0.25, -0.2) is 8.42 Å². The predicted molar refractivity (Wildman–Crippen MR) is 99.5 cm³/mol. The van der Waals surface area contributed by atoms with Gasteiger partial charge in [0.2, 0.25) is 15.9 Å². The normalized spacial score (nSPS) is 18.3. The molecule has 1 heterocycles. The quantitative estimate of drug-likeness (QED) is 0.762. The van der Waals surface area contributed by atoms with Crippen LogP contribution >= 0.6 is 11.6 Å². The molecule has 0 bridgehead atoms. The summed E-state index contributed by atoms with van der Waals surface area (Å²) in [6, 6.07) is 2.12. The van der Waals surface area contributed by atoms with E-state index in [0.717, 1.165) is 16.4 Å². The fraction of sp³-hybridized carbons (Fsp3) is 0.588. The lowest BCUT2D eigenvalue weighted by Gasteiger charge is -2.37. The first kappa shape index (κ1) is 22.9. The molecule has 0 spiro atoms. The number of rotatable bonds is 5. The third kappa shape index (κ3) is 5.16. The number of benzene rings is 1. The monoisotopic (exact) mass is 441 g/mol. The highest BCUT2D eigenvalue weighted by atomic mass is 35.5. The van der Waals surface area contributed by atoms with Gasteiger partial charge < -0.3 is 5.32 Å². The minimum Gasteiger partial charge on any atom is -0.353 e. The van der Waals surface area contributed by atoms with Crippen LogP contribution in [0.3, 0.4) is 0 Å². The molecule has 6 nitrogen and oxygen atoms in total. The standard InChI is InChI=1S/C17H23ClF3N3O3S/c1-11(2)22-16(25)12(3)23-6-8-24(9-7-23)28(26,27)13-4-5-15(18)14(10-13)17(19,20)21/h4-5,10-12H,6-9H2,1-3H3,(H,22,25)/t12-/m0/s1. The van der Waals surface area contributed by atoms with Crippen LogP contribution in [0.1, 0.15) is 26.3 Å². The van der Waals surface area contributed by atoms with Crippen LogP contribution < -0.4 is 5.32 Å². The Balaban J connectivity index is 2.12. The summed E-state index contributed by atoms with van der Waals surface area (Å²) in [7, 11) is -4.10. The molecule has 1 fully saturated rings. The number of carbonyl (C=O) groups excluding carboxylic acids is 1. The van der Waals surface area contributed by atoms with Crippen molar-refractivity contribution in [1.29, 1.82) is 0 Å². The molecule has 0 unspecified atom stereocenters. The predicted octanol–water partition coefficient (Wildman–Crippen LogP) is 2.58. The van der Waals surface area contributed by atoms with E-state index in [1.54, 1.807) is 6.92 Å². The van der Waals surface area contributed by atoms with E-state index in [1.807, 2.05) is 18.7 Å². The minimum atomic E-state index is -4.75. The smallest absolute Gasteiger partial charge is 0.353 e. The molecule has 1 N–H and O–H groups in total. The maximum Gasteiger partial charge on any atom is 0.417 e. The molecule has 1 aromatic rings. The second-order valence-corrected chi connectivity index (χ2v) is 9.26. The SMILES string of the molecule is CC(C)NC(=O)[C@H](C)N1CCN(S(=O)(=O)c2ccc(Cl)c(C(F)(F)F)c2)CC1. The van der Waals surface area contributed by atoms with Gasteiger partial charge in [0.1, 0.15) is 0 Å². The Morgan fingerprint density at radius 3 is 2.21 bits per heavy atom. The number of nitrogens with one attached hydrogen (secondary N) is 1. The first-order valence-electron chi connectivity index (χ1n) is 8.75. The van der Waals surface area contributed by atoms with E-state index in [0.29, 0.717) is 19.2 Å². The summed E-state index contributed by atoms with van der Waals surface area (Å²) in [5.74, 6) is -0.154. The van der Waals surface area contributed by atoms with E-state index < -0.39 is 37.7 Å². The number of amides is 1. The fourth-order valence-corrected chi connectivity index (χ4v) is 4.61. The van der Waals surface area contributed by atoms with Gasteiger partial charge in [-0.2, -0.15) is 17.5 Å². The van der Waals surface area contributed by atoms with Gasteiger partial charge in [-0.05, 0) is 39.0 Å². The Hall–Kier alpha value is -1.36. The maximum atomic E-state index is 13.0. The number of nitrogens with zero attached hydrogens (tertiary/aromatic N) is 2. The van der Waals surface area contributed by atoms with Crippen LogP contribution in [0.2, 0.25) is 5.02 Å². The second kappa shape index (κ2) is 8.56. The molecule has 0 radical (unpaired) electrons. The first-order chi connectivity index (χ1) is 12.8. The Morgan fingerprint density at radius 2 is 1.71 bits per heavy atom. The Morgan fingerprint density at radius 1 is 1.14 bits per heavy atom. The van der Waals surface area contributed by atoms with Crippen LogP contribution in [0.5, 0.6) is 0 Å². The van der Waals surface area contributed by atoms with Gasteiger partial charge in [-0.3, -0.25) is 9.69 Å². The van der Waals surface area contributed by atoms with Crippen molar-refractivity contribution in [2.24, 2.45) is 0 Å². The van der Waals surface area contributed by atoms with Gasteiger partial charge in [0, 0.05) is 32.2 Å². The number of sulfonamides is 1. The third-order valence-electron chi connectivity index (χ3n) is 4.51. The first-order valence-corrected chi connectivity index (χ1v) is 10.6. The van der Waals surface area contributed by atoms with Crippen molar-refractivity contribution in [1.82, 2.24) is 14.5 Å². The summed E-state index contributed by atoms with van der Waals surface area (Å²) >= 11 is 5.56. The van der Waals surface area contributed by atoms with Crippen LogP contribution in [-0.4, -0.2) is 61.8 Å². The summed E-state index contributed by atoms with van der Waals surface area (Å²) in [5.41, 5.74) is -1.19. The summed E-state index contributed by atoms with van der Waals surface area (Å²) in [6.07, 6.45) is -4.75. The lowest BCUT2D eigenvalue weighted by molar-refractivity contribution is -0.137. The molecule has 1 atom stereocenters. The van der Waals surface area contributed by atoms with Crippen molar-refractivity contribution >= 4 is 27.5 Å². The molecule has 11 heteroatoms. The summed E-state index contributed by atoms with van der Waals surface area (Å²) in [6.45, 7) is 6.16. The van der Waals surface area contributed by atoms with Crippen LogP contribution in [0.4, 0.5) is 13.2 Å². The van der Waals surface area contributed by atoms with Crippen molar-refractivity contribution in [2.75, 3.05) is 26.2 Å². The van der Waals surface area contributed by atoms with E-state index in [4.69, 9.17) is 11.6 Å². The number of piperazine rings is 1.